The lowest BCUT2D eigenvalue weighted by molar-refractivity contribution is 0.120. The second kappa shape index (κ2) is 7.03. The van der Waals surface area contributed by atoms with Crippen molar-refractivity contribution in [1.82, 2.24) is 4.57 Å². The van der Waals surface area contributed by atoms with Gasteiger partial charge in [0.15, 0.2) is 0 Å². The maximum Gasteiger partial charge on any atom is 0.253 e. The van der Waals surface area contributed by atoms with E-state index in [1.807, 2.05) is 22.8 Å². The average molecular weight is 356 g/mol. The lowest BCUT2D eigenvalue weighted by atomic mass is 9.95. The van der Waals surface area contributed by atoms with Crippen LogP contribution in [-0.4, -0.2) is 38.0 Å². The Bertz CT molecular complexity index is 852. The highest BCUT2D eigenvalue weighted by Gasteiger charge is 2.23. The maximum atomic E-state index is 12.6. The minimum Gasteiger partial charge on any atom is -0.497 e. The summed E-state index contributed by atoms with van der Waals surface area (Å²) in [6, 6.07) is 7.59. The van der Waals surface area contributed by atoms with Gasteiger partial charge in [-0.15, -0.1) is 0 Å². The van der Waals surface area contributed by atoms with Crippen LogP contribution in [0, 0.1) is 0 Å². The number of aromatic nitrogens is 1. The van der Waals surface area contributed by atoms with Gasteiger partial charge in [-0.25, -0.2) is 0 Å². The van der Waals surface area contributed by atoms with E-state index in [9.17, 15) is 4.79 Å². The van der Waals surface area contributed by atoms with Gasteiger partial charge in [-0.3, -0.25) is 4.79 Å². The van der Waals surface area contributed by atoms with Crippen molar-refractivity contribution >= 4 is 5.69 Å². The average Bonchev–Trinajstić information content (AvgIpc) is 3.18. The fraction of sp³-hybridized carbons (Fsp3) is 0.450. The molecule has 2 aromatic rings. The van der Waals surface area contributed by atoms with Crippen LogP contribution in [0.1, 0.15) is 18.4 Å². The summed E-state index contributed by atoms with van der Waals surface area (Å²) < 4.78 is 18.4. The number of pyridine rings is 1. The smallest absolute Gasteiger partial charge is 0.253 e. The molecule has 1 saturated heterocycles. The first-order valence-corrected chi connectivity index (χ1v) is 9.05. The van der Waals surface area contributed by atoms with Gasteiger partial charge in [0.05, 0.1) is 26.0 Å². The fourth-order valence-corrected chi connectivity index (χ4v) is 3.82. The Morgan fingerprint density at radius 2 is 2.12 bits per heavy atom. The fourth-order valence-electron chi connectivity index (χ4n) is 3.82. The van der Waals surface area contributed by atoms with E-state index in [2.05, 4.69) is 5.32 Å². The van der Waals surface area contributed by atoms with Crippen molar-refractivity contribution in [2.75, 3.05) is 32.7 Å². The zero-order valence-electron chi connectivity index (χ0n) is 15.2. The molecule has 0 saturated carbocycles. The lowest BCUT2D eigenvalue weighted by Gasteiger charge is -2.25. The van der Waals surface area contributed by atoms with Gasteiger partial charge >= 0.3 is 0 Å². The molecule has 138 valence electrons. The summed E-state index contributed by atoms with van der Waals surface area (Å²) in [5.41, 5.74) is 3.81. The van der Waals surface area contributed by atoms with Crippen molar-refractivity contribution in [3.05, 3.63) is 40.2 Å². The normalized spacial score (nSPS) is 18.2. The van der Waals surface area contributed by atoms with Crippen molar-refractivity contribution in [2.45, 2.75) is 31.9 Å². The second-order valence-corrected chi connectivity index (χ2v) is 6.75. The SMILES string of the molecule is COc1cc2c(c(OC)c1)-c1cc(NCC3CCCO3)cc(=O)n1CC2. The number of aryl methyl sites for hydroxylation is 1. The van der Waals surface area contributed by atoms with Gasteiger partial charge in [-0.2, -0.15) is 0 Å². The summed E-state index contributed by atoms with van der Waals surface area (Å²) in [5, 5.41) is 3.36. The van der Waals surface area contributed by atoms with Crippen LogP contribution >= 0.6 is 0 Å². The molecule has 6 nitrogen and oxygen atoms in total. The molecule has 26 heavy (non-hydrogen) atoms. The molecule has 1 aromatic carbocycles. The van der Waals surface area contributed by atoms with Gasteiger partial charge in [0.1, 0.15) is 11.5 Å². The summed E-state index contributed by atoms with van der Waals surface area (Å²) in [4.78, 5) is 12.6. The Kier molecular flexibility index (Phi) is 4.59. The summed E-state index contributed by atoms with van der Waals surface area (Å²) in [7, 11) is 3.29. The topological polar surface area (TPSA) is 61.7 Å². The third kappa shape index (κ3) is 3.05. The van der Waals surface area contributed by atoms with Crippen molar-refractivity contribution < 1.29 is 14.2 Å². The van der Waals surface area contributed by atoms with E-state index in [1.54, 1.807) is 20.3 Å². The zero-order valence-corrected chi connectivity index (χ0v) is 15.2. The number of nitrogens with zero attached hydrogens (tertiary/aromatic N) is 1. The van der Waals surface area contributed by atoms with Crippen LogP contribution in [0.4, 0.5) is 5.69 Å². The van der Waals surface area contributed by atoms with Gasteiger partial charge in [-0.1, -0.05) is 0 Å². The van der Waals surface area contributed by atoms with Gasteiger partial charge in [0.2, 0.25) is 0 Å². The van der Waals surface area contributed by atoms with Crippen LogP contribution in [0.2, 0.25) is 0 Å². The lowest BCUT2D eigenvalue weighted by Crippen LogP contribution is -2.27. The minimum atomic E-state index is 0.000798. The molecule has 4 rings (SSSR count). The highest BCUT2D eigenvalue weighted by atomic mass is 16.5. The van der Waals surface area contributed by atoms with Gasteiger partial charge in [0, 0.05) is 43.1 Å². The molecule has 1 unspecified atom stereocenters. The Morgan fingerprint density at radius 3 is 2.85 bits per heavy atom. The van der Waals surface area contributed by atoms with Crippen LogP contribution in [0.3, 0.4) is 0 Å². The molecule has 2 aliphatic heterocycles. The monoisotopic (exact) mass is 356 g/mol. The largest absolute Gasteiger partial charge is 0.497 e. The number of methoxy groups -OCH3 is 2. The Hall–Kier alpha value is -2.47. The third-order valence-corrected chi connectivity index (χ3v) is 5.16. The predicted octanol–water partition coefficient (Wildman–Crippen LogP) is 2.68. The van der Waals surface area contributed by atoms with E-state index in [1.165, 1.54) is 0 Å². The number of ether oxygens (including phenoxy) is 3. The van der Waals surface area contributed by atoms with Crippen LogP contribution in [0.25, 0.3) is 11.3 Å². The first kappa shape index (κ1) is 17.0. The molecule has 1 fully saturated rings. The molecule has 0 amide bonds. The molecular formula is C20H24N2O4. The number of benzene rings is 1. The van der Waals surface area contributed by atoms with E-state index < -0.39 is 0 Å². The second-order valence-electron chi connectivity index (χ2n) is 6.75. The number of fused-ring (bicyclic) bond motifs is 3. The summed E-state index contributed by atoms with van der Waals surface area (Å²) in [6.45, 7) is 2.20. The molecule has 0 radical (unpaired) electrons. The van der Waals surface area contributed by atoms with Crippen LogP contribution in [0.15, 0.2) is 29.1 Å². The highest BCUT2D eigenvalue weighted by molar-refractivity contribution is 5.76. The van der Waals surface area contributed by atoms with E-state index in [0.29, 0.717) is 6.54 Å². The molecule has 0 spiro atoms. The third-order valence-electron chi connectivity index (χ3n) is 5.16. The highest BCUT2D eigenvalue weighted by Crippen LogP contribution is 2.40. The van der Waals surface area contributed by atoms with E-state index in [0.717, 1.165) is 66.4 Å². The van der Waals surface area contributed by atoms with Crippen molar-refractivity contribution in [3.63, 3.8) is 0 Å². The maximum absolute atomic E-state index is 12.6. The summed E-state index contributed by atoms with van der Waals surface area (Å²) >= 11 is 0. The van der Waals surface area contributed by atoms with E-state index in [-0.39, 0.29) is 11.7 Å². The number of anilines is 1. The number of hydrogen-bond acceptors (Lipinski definition) is 5. The number of rotatable bonds is 5. The minimum absolute atomic E-state index is 0.000798. The molecular weight excluding hydrogens is 332 g/mol. The first-order valence-electron chi connectivity index (χ1n) is 9.05. The van der Waals surface area contributed by atoms with E-state index in [4.69, 9.17) is 14.2 Å². The molecule has 6 heteroatoms. The van der Waals surface area contributed by atoms with Gasteiger partial charge in [0.25, 0.3) is 5.56 Å². The van der Waals surface area contributed by atoms with Crippen molar-refractivity contribution in [1.29, 1.82) is 0 Å². The molecule has 1 atom stereocenters. The summed E-state index contributed by atoms with van der Waals surface area (Å²) in [5.74, 6) is 1.49. The Morgan fingerprint density at radius 1 is 1.23 bits per heavy atom. The standard InChI is InChI=1S/C20H24N2O4/c1-24-16-8-13-5-6-22-17(20(13)18(11-16)25-2)9-14(10-19(22)23)21-12-15-4-3-7-26-15/h8-11,15,21H,3-7,12H2,1-2H3. The molecule has 1 N–H and O–H groups in total. The molecule has 0 aliphatic carbocycles. The molecule has 0 bridgehead atoms. The van der Waals surface area contributed by atoms with Crippen LogP contribution < -0.4 is 20.3 Å². The van der Waals surface area contributed by atoms with Crippen LogP contribution in [-0.2, 0) is 17.7 Å². The van der Waals surface area contributed by atoms with E-state index >= 15 is 0 Å². The number of nitrogens with one attached hydrogen (secondary N) is 1. The Labute approximate surface area is 152 Å². The Balaban J connectivity index is 1.73. The van der Waals surface area contributed by atoms with Gasteiger partial charge < -0.3 is 24.1 Å². The summed E-state index contributed by atoms with van der Waals surface area (Å²) in [6.07, 6.45) is 3.16. The molecule has 3 heterocycles. The molecule has 2 aliphatic rings. The molecule has 1 aromatic heterocycles. The van der Waals surface area contributed by atoms with Crippen molar-refractivity contribution in [3.8, 4) is 22.8 Å². The van der Waals surface area contributed by atoms with Crippen molar-refractivity contribution in [2.24, 2.45) is 0 Å². The first-order chi connectivity index (χ1) is 12.7. The van der Waals surface area contributed by atoms with Gasteiger partial charge in [-0.05, 0) is 37.0 Å². The quantitative estimate of drug-likeness (QED) is 0.892. The zero-order chi connectivity index (χ0) is 18.1. The predicted molar refractivity (Wildman–Crippen MR) is 100 cm³/mol. The number of hydrogen-bond donors (Lipinski definition) is 1. The van der Waals surface area contributed by atoms with Crippen LogP contribution in [0.5, 0.6) is 11.5 Å².